The quantitative estimate of drug-likeness (QED) is 0.830. The summed E-state index contributed by atoms with van der Waals surface area (Å²) in [5.74, 6) is -0.243. The predicted octanol–water partition coefficient (Wildman–Crippen LogP) is 4.03. The first-order chi connectivity index (χ1) is 7.74. The monoisotopic (exact) mass is 280 g/mol. The Morgan fingerprint density at radius 2 is 1.56 bits per heavy atom. The van der Waals surface area contributed by atoms with Crippen LogP contribution in [0.3, 0.4) is 0 Å². The van der Waals surface area contributed by atoms with Crippen molar-refractivity contribution in [2.45, 2.75) is 0 Å². The van der Waals surface area contributed by atoms with E-state index in [0.29, 0.717) is 0 Å². The van der Waals surface area contributed by atoms with Crippen LogP contribution in [0.15, 0.2) is 53.0 Å². The maximum absolute atomic E-state index is 12.6. The molecular weight excluding hydrogens is 271 g/mol. The van der Waals surface area contributed by atoms with Gasteiger partial charge in [-0.3, -0.25) is 0 Å². The lowest BCUT2D eigenvalue weighted by Gasteiger charge is -2.09. The molecule has 0 aromatic heterocycles. The minimum atomic E-state index is -0.243. The summed E-state index contributed by atoms with van der Waals surface area (Å²) in [5.41, 5.74) is 7.73. The number of anilines is 2. The molecule has 0 heterocycles. The SMILES string of the molecule is Fc1ccc(NNc2cccc(Br)c2)cc1. The number of benzene rings is 2. The summed E-state index contributed by atoms with van der Waals surface area (Å²) in [5, 5.41) is 0. The Hall–Kier alpha value is -1.55. The van der Waals surface area contributed by atoms with Crippen LogP contribution in [0.5, 0.6) is 0 Å². The van der Waals surface area contributed by atoms with Crippen molar-refractivity contribution < 1.29 is 4.39 Å². The van der Waals surface area contributed by atoms with Crippen molar-refractivity contribution in [2.75, 3.05) is 10.9 Å². The molecule has 0 aliphatic heterocycles. The van der Waals surface area contributed by atoms with Gasteiger partial charge in [-0.15, -0.1) is 0 Å². The smallest absolute Gasteiger partial charge is 0.123 e. The molecule has 0 bridgehead atoms. The van der Waals surface area contributed by atoms with E-state index < -0.39 is 0 Å². The van der Waals surface area contributed by atoms with Gasteiger partial charge in [-0.25, -0.2) is 4.39 Å². The molecule has 2 aromatic rings. The van der Waals surface area contributed by atoms with Gasteiger partial charge in [0.2, 0.25) is 0 Å². The Labute approximate surface area is 102 Å². The van der Waals surface area contributed by atoms with Crippen molar-refractivity contribution >= 4 is 27.3 Å². The molecule has 2 nitrogen and oxygen atoms in total. The lowest BCUT2D eigenvalue weighted by molar-refractivity contribution is 0.628. The topological polar surface area (TPSA) is 24.1 Å². The van der Waals surface area contributed by atoms with Crippen LogP contribution in [-0.4, -0.2) is 0 Å². The van der Waals surface area contributed by atoms with Crippen molar-refractivity contribution in [1.29, 1.82) is 0 Å². The lowest BCUT2D eigenvalue weighted by Crippen LogP contribution is -2.08. The van der Waals surface area contributed by atoms with E-state index in [-0.39, 0.29) is 5.82 Å². The standard InChI is InChI=1S/C12H10BrFN2/c13-9-2-1-3-12(8-9)16-15-11-6-4-10(14)5-7-11/h1-8,15-16H. The number of halogens is 2. The predicted molar refractivity (Wildman–Crippen MR) is 67.8 cm³/mol. The Morgan fingerprint density at radius 3 is 2.25 bits per heavy atom. The maximum Gasteiger partial charge on any atom is 0.123 e. The summed E-state index contributed by atoms with van der Waals surface area (Å²) in [7, 11) is 0. The third-order valence-corrected chi connectivity index (χ3v) is 2.51. The molecule has 0 radical (unpaired) electrons. The highest BCUT2D eigenvalue weighted by atomic mass is 79.9. The van der Waals surface area contributed by atoms with Gasteiger partial charge >= 0.3 is 0 Å². The molecule has 4 heteroatoms. The molecule has 2 aromatic carbocycles. The molecule has 0 spiro atoms. The highest BCUT2D eigenvalue weighted by Gasteiger charge is 1.94. The zero-order chi connectivity index (χ0) is 11.4. The van der Waals surface area contributed by atoms with Gasteiger partial charge in [0.1, 0.15) is 5.82 Å². The molecule has 0 atom stereocenters. The molecule has 0 amide bonds. The van der Waals surface area contributed by atoms with E-state index in [4.69, 9.17) is 0 Å². The van der Waals surface area contributed by atoms with E-state index in [0.717, 1.165) is 15.8 Å². The molecule has 0 unspecified atom stereocenters. The van der Waals surface area contributed by atoms with Crippen LogP contribution in [0.4, 0.5) is 15.8 Å². The zero-order valence-electron chi connectivity index (χ0n) is 8.37. The molecule has 0 aliphatic carbocycles. The van der Waals surface area contributed by atoms with E-state index in [1.807, 2.05) is 24.3 Å². The van der Waals surface area contributed by atoms with Crippen LogP contribution in [0.2, 0.25) is 0 Å². The fourth-order valence-electron chi connectivity index (χ4n) is 1.24. The van der Waals surface area contributed by atoms with Crippen molar-refractivity contribution in [3.05, 3.63) is 58.8 Å². The third kappa shape index (κ3) is 2.97. The maximum atomic E-state index is 12.6. The van der Waals surface area contributed by atoms with Crippen LogP contribution < -0.4 is 10.9 Å². The van der Waals surface area contributed by atoms with Crippen LogP contribution in [0, 0.1) is 5.82 Å². The van der Waals surface area contributed by atoms with Crippen LogP contribution in [0.1, 0.15) is 0 Å². The van der Waals surface area contributed by atoms with Gasteiger partial charge in [0.15, 0.2) is 0 Å². The normalized spacial score (nSPS) is 9.88. The Balaban J connectivity index is 1.99. The van der Waals surface area contributed by atoms with E-state index >= 15 is 0 Å². The molecule has 0 saturated carbocycles. The van der Waals surface area contributed by atoms with Gasteiger partial charge < -0.3 is 10.9 Å². The van der Waals surface area contributed by atoms with E-state index in [1.165, 1.54) is 12.1 Å². The van der Waals surface area contributed by atoms with Crippen molar-refractivity contribution in [2.24, 2.45) is 0 Å². The third-order valence-electron chi connectivity index (χ3n) is 2.02. The minimum Gasteiger partial charge on any atom is -0.301 e. The second-order valence-corrected chi connectivity index (χ2v) is 4.18. The summed E-state index contributed by atoms with van der Waals surface area (Å²) < 4.78 is 13.6. The zero-order valence-corrected chi connectivity index (χ0v) is 9.96. The summed E-state index contributed by atoms with van der Waals surface area (Å²) in [6.07, 6.45) is 0. The summed E-state index contributed by atoms with van der Waals surface area (Å²) in [6.45, 7) is 0. The number of hydrogen-bond acceptors (Lipinski definition) is 2. The van der Waals surface area contributed by atoms with Crippen molar-refractivity contribution in [3.8, 4) is 0 Å². The Kier molecular flexibility index (Phi) is 3.41. The van der Waals surface area contributed by atoms with Crippen LogP contribution in [-0.2, 0) is 0 Å². The number of hydrazine groups is 1. The first kappa shape index (κ1) is 11.0. The first-order valence-electron chi connectivity index (χ1n) is 4.77. The van der Waals surface area contributed by atoms with Gasteiger partial charge in [0, 0.05) is 4.47 Å². The molecule has 2 N–H and O–H groups in total. The van der Waals surface area contributed by atoms with Gasteiger partial charge in [-0.1, -0.05) is 22.0 Å². The van der Waals surface area contributed by atoms with Gasteiger partial charge in [-0.2, -0.15) is 0 Å². The number of rotatable bonds is 3. The van der Waals surface area contributed by atoms with Crippen LogP contribution >= 0.6 is 15.9 Å². The van der Waals surface area contributed by atoms with E-state index in [9.17, 15) is 4.39 Å². The number of nitrogens with one attached hydrogen (secondary N) is 2. The first-order valence-corrected chi connectivity index (χ1v) is 5.56. The second-order valence-electron chi connectivity index (χ2n) is 3.27. The molecule has 0 fully saturated rings. The second kappa shape index (κ2) is 4.99. The summed E-state index contributed by atoms with van der Waals surface area (Å²) in [4.78, 5) is 0. The lowest BCUT2D eigenvalue weighted by atomic mass is 10.3. The summed E-state index contributed by atoms with van der Waals surface area (Å²) in [6, 6.07) is 13.9. The van der Waals surface area contributed by atoms with E-state index in [1.54, 1.807) is 12.1 Å². The average Bonchev–Trinajstić information content (AvgIpc) is 2.28. The Morgan fingerprint density at radius 1 is 0.875 bits per heavy atom. The van der Waals surface area contributed by atoms with Gasteiger partial charge in [-0.05, 0) is 42.5 Å². The van der Waals surface area contributed by atoms with E-state index in [2.05, 4.69) is 26.8 Å². The average molecular weight is 281 g/mol. The van der Waals surface area contributed by atoms with Crippen molar-refractivity contribution in [1.82, 2.24) is 0 Å². The highest BCUT2D eigenvalue weighted by Crippen LogP contribution is 2.16. The van der Waals surface area contributed by atoms with Crippen molar-refractivity contribution in [3.63, 3.8) is 0 Å². The Bertz CT molecular complexity index is 471. The van der Waals surface area contributed by atoms with Gasteiger partial charge in [0.05, 0.1) is 11.4 Å². The van der Waals surface area contributed by atoms with Gasteiger partial charge in [0.25, 0.3) is 0 Å². The largest absolute Gasteiger partial charge is 0.301 e. The number of hydrogen-bond donors (Lipinski definition) is 2. The summed E-state index contributed by atoms with van der Waals surface area (Å²) >= 11 is 3.38. The molecular formula is C12H10BrFN2. The molecule has 0 saturated heterocycles. The molecule has 16 heavy (non-hydrogen) atoms. The molecule has 82 valence electrons. The van der Waals surface area contributed by atoms with Crippen LogP contribution in [0.25, 0.3) is 0 Å². The minimum absolute atomic E-state index is 0.243. The fourth-order valence-corrected chi connectivity index (χ4v) is 1.64. The fraction of sp³-hybridized carbons (Fsp3) is 0. The molecule has 2 rings (SSSR count). The molecule has 0 aliphatic rings. The highest BCUT2D eigenvalue weighted by molar-refractivity contribution is 9.10.